The van der Waals surface area contributed by atoms with Gasteiger partial charge in [0.2, 0.25) is 0 Å². The van der Waals surface area contributed by atoms with Crippen molar-refractivity contribution in [2.75, 3.05) is 33.2 Å². The Balaban J connectivity index is 1.25. The molecule has 2 amide bonds. The zero-order valence-corrected chi connectivity index (χ0v) is 18.0. The summed E-state index contributed by atoms with van der Waals surface area (Å²) in [5, 5.41) is 13.5. The monoisotopic (exact) mass is 420 g/mol. The van der Waals surface area contributed by atoms with E-state index in [-0.39, 0.29) is 18.0 Å². The van der Waals surface area contributed by atoms with Crippen LogP contribution in [0.4, 0.5) is 4.79 Å². The molecule has 2 N–H and O–H groups in total. The molecule has 3 heterocycles. The summed E-state index contributed by atoms with van der Waals surface area (Å²) in [6.45, 7) is 3.74. The number of hydrogen-bond acceptors (Lipinski definition) is 5. The van der Waals surface area contributed by atoms with Crippen LogP contribution in [0, 0.1) is 5.92 Å². The van der Waals surface area contributed by atoms with Gasteiger partial charge in [0.25, 0.3) is 0 Å². The summed E-state index contributed by atoms with van der Waals surface area (Å²) in [7, 11) is 2.18. The quantitative estimate of drug-likeness (QED) is 0.785. The van der Waals surface area contributed by atoms with Gasteiger partial charge in [-0.1, -0.05) is 0 Å². The van der Waals surface area contributed by atoms with Crippen molar-refractivity contribution in [3.63, 3.8) is 0 Å². The third kappa shape index (κ3) is 4.91. The fraction of sp³-hybridized carbons (Fsp3) is 0.762. The van der Waals surface area contributed by atoms with Crippen molar-refractivity contribution in [1.82, 2.24) is 20.1 Å². The van der Waals surface area contributed by atoms with E-state index in [1.807, 2.05) is 16.2 Å². The Hall–Kier alpha value is -1.67. The van der Waals surface area contributed by atoms with Crippen LogP contribution in [0.15, 0.2) is 0 Å². The number of nitrogens with one attached hydrogen (secondary N) is 1. The van der Waals surface area contributed by atoms with E-state index < -0.39 is 5.97 Å². The fourth-order valence-corrected chi connectivity index (χ4v) is 6.02. The molecule has 1 saturated carbocycles. The molecule has 7 nitrogen and oxygen atoms in total. The number of likely N-dealkylation sites (N-methyl/N-ethyl adjacent to an activating group) is 1. The third-order valence-corrected chi connectivity index (χ3v) is 8.10. The summed E-state index contributed by atoms with van der Waals surface area (Å²) >= 11 is 1.89. The fourth-order valence-electron chi connectivity index (χ4n) is 4.75. The first-order chi connectivity index (χ1) is 14.0. The number of hydrogen-bond donors (Lipinski definition) is 2. The minimum absolute atomic E-state index is 0.0141. The topological polar surface area (TPSA) is 85.8 Å². The minimum atomic E-state index is -0.705. The van der Waals surface area contributed by atoms with Gasteiger partial charge >= 0.3 is 12.0 Å². The molecule has 0 aromatic carbocycles. The molecule has 1 aromatic rings. The average molecular weight is 421 g/mol. The maximum Gasteiger partial charge on any atom is 0.317 e. The number of aliphatic carboxylic acids is 1. The molecule has 1 aliphatic carbocycles. The molecule has 0 spiro atoms. The van der Waals surface area contributed by atoms with Gasteiger partial charge in [-0.3, -0.25) is 4.79 Å². The molecule has 3 aliphatic rings. The van der Waals surface area contributed by atoms with E-state index in [1.165, 1.54) is 15.6 Å². The maximum absolute atomic E-state index is 12.6. The average Bonchev–Trinajstić information content (AvgIpc) is 3.06. The number of carboxylic acids is 1. The van der Waals surface area contributed by atoms with Crippen LogP contribution in [0.2, 0.25) is 0 Å². The predicted molar refractivity (Wildman–Crippen MR) is 112 cm³/mol. The largest absolute Gasteiger partial charge is 0.481 e. The number of piperidine rings is 1. The van der Waals surface area contributed by atoms with Gasteiger partial charge in [0.15, 0.2) is 0 Å². The Kier molecular flexibility index (Phi) is 6.39. The van der Waals surface area contributed by atoms with Gasteiger partial charge in [-0.05, 0) is 52.0 Å². The van der Waals surface area contributed by atoms with Crippen molar-refractivity contribution in [3.8, 4) is 0 Å². The summed E-state index contributed by atoms with van der Waals surface area (Å²) in [6.07, 6.45) is 6.96. The third-order valence-electron chi connectivity index (χ3n) is 6.78. The van der Waals surface area contributed by atoms with Crippen LogP contribution in [-0.2, 0) is 17.6 Å². The number of rotatable bonds is 3. The highest BCUT2D eigenvalue weighted by Gasteiger charge is 2.30. The second-order valence-electron chi connectivity index (χ2n) is 8.82. The Morgan fingerprint density at radius 1 is 1.03 bits per heavy atom. The van der Waals surface area contributed by atoms with Crippen LogP contribution in [0.1, 0.15) is 60.0 Å². The highest BCUT2D eigenvalue weighted by Crippen LogP contribution is 2.34. The summed E-state index contributed by atoms with van der Waals surface area (Å²) in [6, 6.07) is 0.128. The molecule has 8 heteroatoms. The zero-order chi connectivity index (χ0) is 20.4. The smallest absolute Gasteiger partial charge is 0.317 e. The Bertz CT molecular complexity index is 711. The molecular weight excluding hydrogens is 388 g/mol. The van der Waals surface area contributed by atoms with Gasteiger partial charge in [0.1, 0.15) is 0 Å². The summed E-state index contributed by atoms with van der Waals surface area (Å²) in [5.74, 6) is -0.476. The number of urea groups is 1. The van der Waals surface area contributed by atoms with Gasteiger partial charge in [-0.15, -0.1) is 11.3 Å². The highest BCUT2D eigenvalue weighted by atomic mass is 32.1. The first-order valence-electron chi connectivity index (χ1n) is 10.9. The molecule has 4 rings (SSSR count). The standard InChI is InChI=1S/C21H32N4O3S/c1-24-10-8-17-18(9-11-24)29-19(23-17)14-6-12-25(13-7-14)21(28)22-16-4-2-15(3-5-16)20(26)27/h14-16H,2-13H2,1H3,(H,22,28)(H,26,27). The van der Waals surface area contributed by atoms with Crippen molar-refractivity contribution in [2.45, 2.75) is 63.3 Å². The number of likely N-dealkylation sites (tertiary alicyclic amines) is 1. The molecule has 1 aromatic heterocycles. The molecule has 2 fully saturated rings. The molecule has 2 aliphatic heterocycles. The van der Waals surface area contributed by atoms with Crippen LogP contribution in [0.3, 0.4) is 0 Å². The number of fused-ring (bicyclic) bond motifs is 1. The van der Waals surface area contributed by atoms with Crippen molar-refractivity contribution < 1.29 is 14.7 Å². The summed E-state index contributed by atoms with van der Waals surface area (Å²) < 4.78 is 0. The Morgan fingerprint density at radius 3 is 2.41 bits per heavy atom. The lowest BCUT2D eigenvalue weighted by Gasteiger charge is -2.34. The molecule has 0 radical (unpaired) electrons. The summed E-state index contributed by atoms with van der Waals surface area (Å²) in [5.41, 5.74) is 1.30. The lowest BCUT2D eigenvalue weighted by Crippen LogP contribution is -2.48. The van der Waals surface area contributed by atoms with Crippen LogP contribution in [0.25, 0.3) is 0 Å². The molecule has 0 atom stereocenters. The molecule has 0 unspecified atom stereocenters. The molecule has 0 bridgehead atoms. The highest BCUT2D eigenvalue weighted by molar-refractivity contribution is 7.11. The lowest BCUT2D eigenvalue weighted by molar-refractivity contribution is -0.142. The Labute approximate surface area is 176 Å². The van der Waals surface area contributed by atoms with Gasteiger partial charge in [0.05, 0.1) is 16.6 Å². The second kappa shape index (κ2) is 9.00. The van der Waals surface area contributed by atoms with Gasteiger partial charge in [-0.2, -0.15) is 0 Å². The number of carboxylic acid groups (broad SMARTS) is 1. The number of aromatic nitrogens is 1. The van der Waals surface area contributed by atoms with E-state index in [4.69, 9.17) is 10.1 Å². The number of carbonyl (C=O) groups is 2. The van der Waals surface area contributed by atoms with Crippen LogP contribution in [-0.4, -0.2) is 71.2 Å². The van der Waals surface area contributed by atoms with Crippen LogP contribution in [0.5, 0.6) is 0 Å². The number of nitrogens with zero attached hydrogens (tertiary/aromatic N) is 3. The first-order valence-corrected chi connectivity index (χ1v) is 11.8. The van der Waals surface area contributed by atoms with E-state index in [9.17, 15) is 9.59 Å². The molecule has 1 saturated heterocycles. The van der Waals surface area contributed by atoms with Crippen molar-refractivity contribution in [1.29, 1.82) is 0 Å². The van der Waals surface area contributed by atoms with Gasteiger partial charge in [0, 0.05) is 49.4 Å². The normalized spacial score (nSPS) is 26.6. The Morgan fingerprint density at radius 2 is 1.72 bits per heavy atom. The van der Waals surface area contributed by atoms with E-state index >= 15 is 0 Å². The molecule has 29 heavy (non-hydrogen) atoms. The number of thiazole rings is 1. The molecular formula is C21H32N4O3S. The van der Waals surface area contributed by atoms with Gasteiger partial charge in [-0.25, -0.2) is 9.78 Å². The summed E-state index contributed by atoms with van der Waals surface area (Å²) in [4.78, 5) is 34.4. The predicted octanol–water partition coefficient (Wildman–Crippen LogP) is 2.71. The molecule has 160 valence electrons. The SMILES string of the molecule is CN1CCc2nc(C3CCN(C(=O)NC4CCC(C(=O)O)CC4)CC3)sc2CC1. The second-order valence-corrected chi connectivity index (χ2v) is 9.94. The van der Waals surface area contributed by atoms with Crippen molar-refractivity contribution in [3.05, 3.63) is 15.6 Å². The number of carbonyl (C=O) groups excluding carboxylic acids is 1. The van der Waals surface area contributed by atoms with E-state index in [0.29, 0.717) is 18.8 Å². The van der Waals surface area contributed by atoms with Gasteiger partial charge < -0.3 is 20.2 Å². The maximum atomic E-state index is 12.6. The van der Waals surface area contributed by atoms with Crippen molar-refractivity contribution in [2.24, 2.45) is 5.92 Å². The van der Waals surface area contributed by atoms with E-state index in [0.717, 1.165) is 64.7 Å². The van der Waals surface area contributed by atoms with Crippen LogP contribution < -0.4 is 5.32 Å². The van der Waals surface area contributed by atoms with Crippen LogP contribution >= 0.6 is 11.3 Å². The van der Waals surface area contributed by atoms with E-state index in [1.54, 1.807) is 0 Å². The number of amides is 2. The minimum Gasteiger partial charge on any atom is -0.481 e. The first kappa shape index (κ1) is 20.6. The zero-order valence-electron chi connectivity index (χ0n) is 17.2. The lowest BCUT2D eigenvalue weighted by atomic mass is 9.86. The van der Waals surface area contributed by atoms with Crippen molar-refractivity contribution >= 4 is 23.3 Å². The van der Waals surface area contributed by atoms with E-state index in [2.05, 4.69) is 17.3 Å².